The third-order valence-electron chi connectivity index (χ3n) is 2.05. The van der Waals surface area contributed by atoms with Gasteiger partial charge in [-0.15, -0.1) is 0 Å². The number of hydrogen-bond acceptors (Lipinski definition) is 3. The standard InChI is InChI=1S/C9H10N4O3S/c10-17(15,16)13-7-3-1-6(2-4-7)8-5-9(14)12-11-8/h1-5,13H,(H2,10,15,16)(H2,11,12,14). The average Bonchev–Trinajstić information content (AvgIpc) is 2.63. The fourth-order valence-electron chi connectivity index (χ4n) is 1.37. The van der Waals surface area contributed by atoms with Gasteiger partial charge in [-0.05, 0) is 17.7 Å². The zero-order valence-electron chi connectivity index (χ0n) is 8.60. The van der Waals surface area contributed by atoms with Gasteiger partial charge in [0.15, 0.2) is 0 Å². The summed E-state index contributed by atoms with van der Waals surface area (Å²) in [5.74, 6) is 0. The van der Waals surface area contributed by atoms with Crippen molar-refractivity contribution in [2.45, 2.75) is 0 Å². The minimum absolute atomic E-state index is 0.230. The topological polar surface area (TPSA) is 121 Å². The molecule has 0 unspecified atom stereocenters. The van der Waals surface area contributed by atoms with Crippen molar-refractivity contribution in [1.29, 1.82) is 0 Å². The third kappa shape index (κ3) is 2.95. The van der Waals surface area contributed by atoms with Crippen molar-refractivity contribution in [3.8, 4) is 11.3 Å². The van der Waals surface area contributed by atoms with Crippen LogP contribution in [-0.4, -0.2) is 18.6 Å². The third-order valence-corrected chi connectivity index (χ3v) is 2.57. The molecule has 0 aliphatic heterocycles. The molecule has 1 aromatic heterocycles. The molecular weight excluding hydrogens is 244 g/mol. The van der Waals surface area contributed by atoms with Crippen LogP contribution in [0.4, 0.5) is 5.69 Å². The minimum atomic E-state index is -3.76. The molecule has 2 aromatic rings. The van der Waals surface area contributed by atoms with Gasteiger partial charge in [0.2, 0.25) is 0 Å². The molecule has 90 valence electrons. The number of nitrogens with one attached hydrogen (secondary N) is 3. The van der Waals surface area contributed by atoms with Gasteiger partial charge in [0, 0.05) is 11.8 Å². The van der Waals surface area contributed by atoms with E-state index < -0.39 is 10.2 Å². The van der Waals surface area contributed by atoms with E-state index in [4.69, 9.17) is 5.14 Å². The Balaban J connectivity index is 2.27. The van der Waals surface area contributed by atoms with Gasteiger partial charge in [-0.1, -0.05) is 12.1 Å². The maximum atomic E-state index is 10.9. The van der Waals surface area contributed by atoms with Crippen molar-refractivity contribution < 1.29 is 8.42 Å². The van der Waals surface area contributed by atoms with Crippen molar-refractivity contribution in [1.82, 2.24) is 10.2 Å². The molecule has 0 aliphatic rings. The maximum Gasteiger partial charge on any atom is 0.296 e. The summed E-state index contributed by atoms with van der Waals surface area (Å²) in [6.45, 7) is 0. The van der Waals surface area contributed by atoms with E-state index in [1.807, 2.05) is 0 Å². The first-order valence-corrected chi connectivity index (χ1v) is 6.17. The normalized spacial score (nSPS) is 11.4. The number of anilines is 1. The Morgan fingerprint density at radius 3 is 2.24 bits per heavy atom. The highest BCUT2D eigenvalue weighted by Gasteiger charge is 2.03. The molecule has 0 spiro atoms. The van der Waals surface area contributed by atoms with Crippen LogP contribution in [0.5, 0.6) is 0 Å². The molecule has 0 saturated heterocycles. The maximum absolute atomic E-state index is 10.9. The predicted molar refractivity (Wildman–Crippen MR) is 63.6 cm³/mol. The van der Waals surface area contributed by atoms with Crippen LogP contribution < -0.4 is 15.4 Å². The van der Waals surface area contributed by atoms with Gasteiger partial charge in [-0.2, -0.15) is 8.42 Å². The van der Waals surface area contributed by atoms with Crippen molar-refractivity contribution >= 4 is 15.9 Å². The molecule has 0 amide bonds. The number of aromatic nitrogens is 2. The molecule has 0 saturated carbocycles. The first kappa shape index (κ1) is 11.4. The second-order valence-electron chi connectivity index (χ2n) is 3.40. The van der Waals surface area contributed by atoms with Crippen molar-refractivity contribution in [3.05, 3.63) is 40.7 Å². The molecule has 1 heterocycles. The minimum Gasteiger partial charge on any atom is -0.298 e. The second kappa shape index (κ2) is 4.07. The molecule has 0 bridgehead atoms. The molecule has 5 N–H and O–H groups in total. The van der Waals surface area contributed by atoms with E-state index in [0.717, 1.165) is 5.56 Å². The highest BCUT2D eigenvalue weighted by molar-refractivity contribution is 7.90. The van der Waals surface area contributed by atoms with Crippen LogP contribution in [-0.2, 0) is 10.2 Å². The Morgan fingerprint density at radius 1 is 1.12 bits per heavy atom. The predicted octanol–water partition coefficient (Wildman–Crippen LogP) is -0.0146. The van der Waals surface area contributed by atoms with Crippen LogP contribution in [0.15, 0.2) is 35.1 Å². The largest absolute Gasteiger partial charge is 0.298 e. The molecule has 7 nitrogen and oxygen atoms in total. The van der Waals surface area contributed by atoms with Gasteiger partial charge in [-0.3, -0.25) is 19.7 Å². The Bertz CT molecular complexity index is 669. The number of benzene rings is 1. The molecular formula is C9H10N4O3S. The van der Waals surface area contributed by atoms with Crippen LogP contribution in [0.25, 0.3) is 11.3 Å². The molecule has 1 aromatic carbocycles. The first-order valence-electron chi connectivity index (χ1n) is 4.63. The fourth-order valence-corrected chi connectivity index (χ4v) is 1.83. The van der Waals surface area contributed by atoms with Crippen LogP contribution in [0, 0.1) is 0 Å². The zero-order chi connectivity index (χ0) is 12.5. The summed E-state index contributed by atoms with van der Waals surface area (Å²) in [4.78, 5) is 10.9. The fraction of sp³-hybridized carbons (Fsp3) is 0. The number of H-pyrrole nitrogens is 2. The summed E-state index contributed by atoms with van der Waals surface area (Å²) in [6, 6.07) is 7.82. The number of aromatic amines is 2. The van der Waals surface area contributed by atoms with Gasteiger partial charge >= 0.3 is 0 Å². The summed E-state index contributed by atoms with van der Waals surface area (Å²) in [6.07, 6.45) is 0. The zero-order valence-corrected chi connectivity index (χ0v) is 9.41. The van der Waals surface area contributed by atoms with Crippen molar-refractivity contribution in [3.63, 3.8) is 0 Å². The molecule has 0 radical (unpaired) electrons. The average molecular weight is 254 g/mol. The van der Waals surface area contributed by atoms with Gasteiger partial charge < -0.3 is 0 Å². The van der Waals surface area contributed by atoms with Gasteiger partial charge in [0.25, 0.3) is 15.8 Å². The highest BCUT2D eigenvalue weighted by Crippen LogP contribution is 2.18. The second-order valence-corrected chi connectivity index (χ2v) is 4.69. The van der Waals surface area contributed by atoms with Crippen LogP contribution >= 0.6 is 0 Å². The lowest BCUT2D eigenvalue weighted by atomic mass is 10.1. The molecule has 2 rings (SSSR count). The van der Waals surface area contributed by atoms with E-state index >= 15 is 0 Å². The van der Waals surface area contributed by atoms with Crippen LogP contribution in [0.1, 0.15) is 0 Å². The number of hydrogen-bond donors (Lipinski definition) is 4. The number of rotatable bonds is 3. The first-order chi connectivity index (χ1) is 7.94. The Labute approximate surface area is 96.8 Å². The van der Waals surface area contributed by atoms with Crippen molar-refractivity contribution in [2.75, 3.05) is 4.72 Å². The smallest absolute Gasteiger partial charge is 0.296 e. The molecule has 0 fully saturated rings. The van der Waals surface area contributed by atoms with E-state index in [-0.39, 0.29) is 5.56 Å². The van der Waals surface area contributed by atoms with Gasteiger partial charge in [0.1, 0.15) is 0 Å². The molecule has 0 atom stereocenters. The van der Waals surface area contributed by atoms with Crippen LogP contribution in [0.3, 0.4) is 0 Å². The van der Waals surface area contributed by atoms with E-state index in [1.165, 1.54) is 6.07 Å². The molecule has 0 aliphatic carbocycles. The van der Waals surface area contributed by atoms with Crippen LogP contribution in [0.2, 0.25) is 0 Å². The summed E-state index contributed by atoms with van der Waals surface area (Å²) in [7, 11) is -3.76. The monoisotopic (exact) mass is 254 g/mol. The highest BCUT2D eigenvalue weighted by atomic mass is 32.2. The quantitative estimate of drug-likeness (QED) is 0.616. The lowest BCUT2D eigenvalue weighted by Crippen LogP contribution is -2.21. The number of nitrogens with two attached hydrogens (primary N) is 1. The van der Waals surface area contributed by atoms with E-state index in [1.54, 1.807) is 24.3 Å². The molecule has 17 heavy (non-hydrogen) atoms. The summed E-state index contributed by atoms with van der Waals surface area (Å²) >= 11 is 0. The van der Waals surface area contributed by atoms with Gasteiger partial charge in [-0.25, -0.2) is 5.14 Å². The van der Waals surface area contributed by atoms with Crippen molar-refractivity contribution in [2.24, 2.45) is 5.14 Å². The summed E-state index contributed by atoms with van der Waals surface area (Å²) in [5.41, 5.74) is 1.50. The SMILES string of the molecule is NS(=O)(=O)Nc1ccc(-c2cc(=O)[nH][nH]2)cc1. The summed E-state index contributed by atoms with van der Waals surface area (Å²) in [5, 5.41) is 9.93. The Morgan fingerprint density at radius 2 is 1.76 bits per heavy atom. The Hall–Kier alpha value is -2.06. The Kier molecular flexibility index (Phi) is 2.74. The van der Waals surface area contributed by atoms with E-state index in [2.05, 4.69) is 14.9 Å². The van der Waals surface area contributed by atoms with Gasteiger partial charge in [0.05, 0.1) is 5.69 Å². The molecule has 8 heteroatoms. The lowest BCUT2D eigenvalue weighted by molar-refractivity contribution is 0.603. The van der Waals surface area contributed by atoms with E-state index in [9.17, 15) is 13.2 Å². The van der Waals surface area contributed by atoms with E-state index in [0.29, 0.717) is 11.4 Å². The summed E-state index contributed by atoms with van der Waals surface area (Å²) < 4.78 is 23.7. The lowest BCUT2D eigenvalue weighted by Gasteiger charge is -2.03.